The maximum Gasteiger partial charge on any atom is 0.00385 e. The number of nitrogens with zero attached hydrogens (tertiary/aromatic N) is 2. The number of hydrogen-bond donors (Lipinski definition) is 0. The van der Waals surface area contributed by atoms with Crippen molar-refractivity contribution in [2.45, 2.75) is 65.3 Å². The third-order valence-corrected chi connectivity index (χ3v) is 5.30. The molecule has 0 bridgehead atoms. The first kappa shape index (κ1) is 15.3. The molecule has 112 valence electrons. The second-order valence-electron chi connectivity index (χ2n) is 7.11. The fourth-order valence-electron chi connectivity index (χ4n) is 3.88. The van der Waals surface area contributed by atoms with E-state index in [0.717, 1.165) is 17.9 Å². The van der Waals surface area contributed by atoms with E-state index < -0.39 is 0 Å². The third-order valence-electron chi connectivity index (χ3n) is 5.30. The lowest BCUT2D eigenvalue weighted by Gasteiger charge is -2.38. The van der Waals surface area contributed by atoms with E-state index in [-0.39, 0.29) is 0 Å². The molecule has 0 radical (unpaired) electrons. The third kappa shape index (κ3) is 4.75. The standard InChI is InChI=1S/C17H34N2/c1-4-5-16-6-10-18(11-7-16)14-17-8-12-19(13-9-17)15(2)3/h15-17H,4-14H2,1-3H3. The summed E-state index contributed by atoms with van der Waals surface area (Å²) in [5.41, 5.74) is 0. The number of rotatable bonds is 5. The molecule has 2 heteroatoms. The molecule has 0 N–H and O–H groups in total. The average molecular weight is 266 g/mol. The molecule has 19 heavy (non-hydrogen) atoms. The first-order valence-electron chi connectivity index (χ1n) is 8.65. The second kappa shape index (κ2) is 7.64. The Balaban J connectivity index is 1.64. The van der Waals surface area contributed by atoms with Gasteiger partial charge in [0.05, 0.1) is 0 Å². The summed E-state index contributed by atoms with van der Waals surface area (Å²) < 4.78 is 0. The summed E-state index contributed by atoms with van der Waals surface area (Å²) in [6, 6.07) is 0.741. The van der Waals surface area contributed by atoms with Crippen molar-refractivity contribution >= 4 is 0 Å². The highest BCUT2D eigenvalue weighted by Crippen LogP contribution is 2.25. The van der Waals surface area contributed by atoms with Crippen molar-refractivity contribution in [3.05, 3.63) is 0 Å². The van der Waals surface area contributed by atoms with Crippen LogP contribution in [0.25, 0.3) is 0 Å². The molecule has 0 aromatic carbocycles. The summed E-state index contributed by atoms with van der Waals surface area (Å²) in [6.07, 6.45) is 8.59. The van der Waals surface area contributed by atoms with Crippen LogP contribution in [-0.2, 0) is 0 Å². The highest BCUT2D eigenvalue weighted by atomic mass is 15.2. The van der Waals surface area contributed by atoms with Crippen molar-refractivity contribution in [3.63, 3.8) is 0 Å². The summed E-state index contributed by atoms with van der Waals surface area (Å²) in [6.45, 7) is 13.8. The van der Waals surface area contributed by atoms with Gasteiger partial charge in [-0.05, 0) is 77.5 Å². The predicted octanol–water partition coefficient (Wildman–Crippen LogP) is 3.62. The number of likely N-dealkylation sites (tertiary alicyclic amines) is 2. The van der Waals surface area contributed by atoms with E-state index in [1.165, 1.54) is 71.2 Å². The van der Waals surface area contributed by atoms with Crippen LogP contribution in [0.15, 0.2) is 0 Å². The van der Waals surface area contributed by atoms with Crippen LogP contribution >= 0.6 is 0 Å². The smallest absolute Gasteiger partial charge is 0.00385 e. The van der Waals surface area contributed by atoms with Crippen molar-refractivity contribution in [1.82, 2.24) is 9.80 Å². The van der Waals surface area contributed by atoms with Crippen molar-refractivity contribution < 1.29 is 0 Å². The SMILES string of the molecule is CCCC1CCN(CC2CCN(C(C)C)CC2)CC1. The summed E-state index contributed by atoms with van der Waals surface area (Å²) in [4.78, 5) is 5.39. The first-order valence-corrected chi connectivity index (χ1v) is 8.65. The van der Waals surface area contributed by atoms with E-state index in [2.05, 4.69) is 30.6 Å². The molecule has 0 amide bonds. The maximum absolute atomic E-state index is 2.75. The average Bonchev–Trinajstić information content (AvgIpc) is 2.42. The molecule has 0 aromatic heterocycles. The van der Waals surface area contributed by atoms with Crippen LogP contribution < -0.4 is 0 Å². The van der Waals surface area contributed by atoms with Gasteiger partial charge >= 0.3 is 0 Å². The molecule has 2 saturated heterocycles. The maximum atomic E-state index is 2.75. The van der Waals surface area contributed by atoms with Gasteiger partial charge in [0.15, 0.2) is 0 Å². The highest BCUT2D eigenvalue weighted by molar-refractivity contribution is 4.79. The zero-order valence-electron chi connectivity index (χ0n) is 13.4. The van der Waals surface area contributed by atoms with Gasteiger partial charge in [-0.25, -0.2) is 0 Å². The van der Waals surface area contributed by atoms with Crippen LogP contribution in [0, 0.1) is 11.8 Å². The fraction of sp³-hybridized carbons (Fsp3) is 1.00. The van der Waals surface area contributed by atoms with E-state index in [1.54, 1.807) is 0 Å². The predicted molar refractivity (Wildman–Crippen MR) is 83.5 cm³/mol. The van der Waals surface area contributed by atoms with Crippen molar-refractivity contribution in [1.29, 1.82) is 0 Å². The molecule has 0 aliphatic carbocycles. The van der Waals surface area contributed by atoms with Gasteiger partial charge in [-0.1, -0.05) is 19.8 Å². The lowest BCUT2D eigenvalue weighted by molar-refractivity contribution is 0.103. The Morgan fingerprint density at radius 1 is 0.895 bits per heavy atom. The van der Waals surface area contributed by atoms with Gasteiger partial charge in [0.1, 0.15) is 0 Å². The number of hydrogen-bond acceptors (Lipinski definition) is 2. The summed E-state index contributed by atoms with van der Waals surface area (Å²) >= 11 is 0. The van der Waals surface area contributed by atoms with Gasteiger partial charge in [0.25, 0.3) is 0 Å². The molecule has 0 spiro atoms. The molecule has 2 fully saturated rings. The van der Waals surface area contributed by atoms with E-state index in [1.807, 2.05) is 0 Å². The Hall–Kier alpha value is -0.0800. The Labute approximate surface area is 120 Å². The van der Waals surface area contributed by atoms with Crippen molar-refractivity contribution in [3.8, 4) is 0 Å². The van der Waals surface area contributed by atoms with Gasteiger partial charge < -0.3 is 9.80 Å². The van der Waals surface area contributed by atoms with E-state index in [0.29, 0.717) is 0 Å². The Morgan fingerprint density at radius 2 is 1.47 bits per heavy atom. The van der Waals surface area contributed by atoms with Crippen LogP contribution in [0.1, 0.15) is 59.3 Å². The van der Waals surface area contributed by atoms with Crippen LogP contribution in [0.5, 0.6) is 0 Å². The molecule has 0 unspecified atom stereocenters. The molecular weight excluding hydrogens is 232 g/mol. The van der Waals surface area contributed by atoms with E-state index >= 15 is 0 Å². The molecule has 2 nitrogen and oxygen atoms in total. The minimum atomic E-state index is 0.741. The zero-order chi connectivity index (χ0) is 13.7. The summed E-state index contributed by atoms with van der Waals surface area (Å²) in [5.74, 6) is 2.00. The van der Waals surface area contributed by atoms with Gasteiger partial charge in [0, 0.05) is 12.6 Å². The molecular formula is C17H34N2. The molecule has 0 atom stereocenters. The molecule has 2 aliphatic rings. The monoisotopic (exact) mass is 266 g/mol. The fourth-order valence-corrected chi connectivity index (χ4v) is 3.88. The lowest BCUT2D eigenvalue weighted by Crippen LogP contribution is -2.43. The van der Waals surface area contributed by atoms with Crippen LogP contribution in [0.4, 0.5) is 0 Å². The van der Waals surface area contributed by atoms with Gasteiger partial charge in [-0.3, -0.25) is 0 Å². The van der Waals surface area contributed by atoms with Gasteiger partial charge in [0.2, 0.25) is 0 Å². The van der Waals surface area contributed by atoms with Gasteiger partial charge in [-0.15, -0.1) is 0 Å². The largest absolute Gasteiger partial charge is 0.303 e. The summed E-state index contributed by atoms with van der Waals surface area (Å²) in [7, 11) is 0. The van der Waals surface area contributed by atoms with E-state index in [9.17, 15) is 0 Å². The topological polar surface area (TPSA) is 6.48 Å². The Bertz CT molecular complexity index is 236. The Kier molecular flexibility index (Phi) is 6.15. The van der Waals surface area contributed by atoms with Crippen molar-refractivity contribution in [2.24, 2.45) is 11.8 Å². The van der Waals surface area contributed by atoms with Crippen LogP contribution in [-0.4, -0.2) is 48.6 Å². The van der Waals surface area contributed by atoms with E-state index in [4.69, 9.17) is 0 Å². The van der Waals surface area contributed by atoms with Crippen LogP contribution in [0.3, 0.4) is 0 Å². The van der Waals surface area contributed by atoms with Gasteiger partial charge in [-0.2, -0.15) is 0 Å². The molecule has 0 aromatic rings. The normalized spacial score (nSPS) is 25.3. The first-order chi connectivity index (χ1) is 9.19. The minimum Gasteiger partial charge on any atom is -0.303 e. The number of piperidine rings is 2. The van der Waals surface area contributed by atoms with Crippen LogP contribution in [0.2, 0.25) is 0 Å². The Morgan fingerprint density at radius 3 is 2.00 bits per heavy atom. The molecule has 2 heterocycles. The minimum absolute atomic E-state index is 0.741. The molecule has 2 aliphatic heterocycles. The zero-order valence-corrected chi connectivity index (χ0v) is 13.4. The molecule has 0 saturated carbocycles. The summed E-state index contributed by atoms with van der Waals surface area (Å²) in [5, 5.41) is 0. The molecule has 2 rings (SSSR count). The lowest BCUT2D eigenvalue weighted by atomic mass is 9.90. The van der Waals surface area contributed by atoms with Crippen molar-refractivity contribution in [2.75, 3.05) is 32.7 Å². The quantitative estimate of drug-likeness (QED) is 0.750. The highest BCUT2D eigenvalue weighted by Gasteiger charge is 2.24. The second-order valence-corrected chi connectivity index (χ2v) is 7.11.